The molecule has 0 aliphatic rings. The van der Waals surface area contributed by atoms with Crippen molar-refractivity contribution in [3.8, 4) is 5.75 Å². The van der Waals surface area contributed by atoms with Crippen LogP contribution in [-0.4, -0.2) is 52.0 Å². The number of aromatic nitrogens is 9. The van der Waals surface area contributed by atoms with Crippen LogP contribution < -0.4 is 4.74 Å². The number of methoxy groups -OCH3 is 1. The van der Waals surface area contributed by atoms with E-state index >= 15 is 0 Å². The molecule has 0 saturated heterocycles. The van der Waals surface area contributed by atoms with Crippen LogP contribution in [0.5, 0.6) is 5.75 Å². The largest absolute Gasteiger partial charge is 0.497 e. The molecule has 10 nitrogen and oxygen atoms in total. The maximum Gasteiger partial charge on any atom is 0.123 e. The molecule has 0 spiro atoms. The zero-order valence-corrected chi connectivity index (χ0v) is 79.2. The van der Waals surface area contributed by atoms with Gasteiger partial charge in [0.2, 0.25) is 0 Å². The third kappa shape index (κ3) is 39.1. The van der Waals surface area contributed by atoms with Gasteiger partial charge >= 0.3 is 0 Å². The Bertz CT molecular complexity index is 5610. The monoisotopic (exact) mass is 1720 g/mol. The number of hydrogen-bond donors (Lipinski definition) is 0. The van der Waals surface area contributed by atoms with E-state index in [4.69, 9.17) is 16.3 Å². The molecule has 15 rings (SSSR count). The number of rotatable bonds is 25. The Morgan fingerprint density at radius 3 is 1.05 bits per heavy atom. The van der Waals surface area contributed by atoms with Crippen LogP contribution in [0.3, 0.4) is 0 Å². The number of fused-ring (bicyclic) bond motifs is 7. The summed E-state index contributed by atoms with van der Waals surface area (Å²) in [7, 11) is 1.68. The van der Waals surface area contributed by atoms with Gasteiger partial charge in [-0.2, -0.15) is 0 Å². The number of para-hydroxylation sites is 1. The molecule has 0 bridgehead atoms. The minimum atomic E-state index is -0.220. The van der Waals surface area contributed by atoms with Crippen molar-refractivity contribution in [3.63, 3.8) is 0 Å². The summed E-state index contributed by atoms with van der Waals surface area (Å²) < 4.78 is 18.3. The Balaban J connectivity index is 0.000000181. The number of hydrogen-bond acceptors (Lipinski definition) is 10. The predicted molar refractivity (Wildman–Crippen MR) is 554 cm³/mol. The summed E-state index contributed by atoms with van der Waals surface area (Å²) in [6.45, 7) is 35.4. The SMILES string of the molecule is CC(C)C/C=C/c1ccc2cccnc2c1.CC(C)C/C=C/c1ccc2ncccc2c1.CC(C)C/C=C/c1ccc2nccnc2c1.CC(C)C/C=C/c1cccnc1.CC(C)C/C=C/c1cnc2ccc(Cl)cc2c1.CC(C)C/C=C/c1cnc2ccc(F)cc2c1.CC(C)C/C=C/c1cnc2ccccc2c1.COc1ccc2ncc(/C=C/CC(C)C)cc2c1. The van der Waals surface area contributed by atoms with Crippen molar-refractivity contribution in [2.24, 2.45) is 47.3 Å². The van der Waals surface area contributed by atoms with Gasteiger partial charge in [0.15, 0.2) is 0 Å². The number of nitrogens with zero attached hydrogens (tertiary/aromatic N) is 9. The first-order chi connectivity index (χ1) is 61.8. The predicted octanol–water partition coefficient (Wildman–Crippen LogP) is 33.4. The Hall–Kier alpha value is -12.6. The molecule has 15 aromatic rings. The van der Waals surface area contributed by atoms with Gasteiger partial charge in [-0.1, -0.05) is 280 Å². The van der Waals surface area contributed by atoms with Gasteiger partial charge in [0.1, 0.15) is 11.6 Å². The molecule has 0 aliphatic carbocycles. The van der Waals surface area contributed by atoms with Crippen LogP contribution in [0.25, 0.3) is 125 Å². The lowest BCUT2D eigenvalue weighted by Gasteiger charge is -2.03. The highest BCUT2D eigenvalue weighted by Crippen LogP contribution is 2.25. The molecule has 0 saturated carbocycles. The molecule has 0 unspecified atom stereocenters. The molecule has 7 aromatic carbocycles. The molecule has 12 heteroatoms. The zero-order valence-electron chi connectivity index (χ0n) is 78.5. The topological polar surface area (TPSA) is 125 Å². The van der Waals surface area contributed by atoms with Crippen molar-refractivity contribution >= 4 is 137 Å². The highest BCUT2D eigenvalue weighted by atomic mass is 35.5. The highest BCUT2D eigenvalue weighted by Gasteiger charge is 2.05. The molecule has 8 aromatic heterocycles. The number of ether oxygens (including phenoxy) is 1. The van der Waals surface area contributed by atoms with E-state index in [9.17, 15) is 4.39 Å². The minimum absolute atomic E-state index is 0.220. The van der Waals surface area contributed by atoms with Gasteiger partial charge in [0.25, 0.3) is 0 Å². The molecular weight excluding hydrogens is 1590 g/mol. The van der Waals surface area contributed by atoms with Crippen LogP contribution in [0.15, 0.2) is 305 Å². The van der Waals surface area contributed by atoms with Gasteiger partial charge in [-0.25, -0.2) is 4.39 Å². The van der Waals surface area contributed by atoms with E-state index in [1.165, 1.54) is 56.1 Å². The first kappa shape index (κ1) is 101. The molecule has 128 heavy (non-hydrogen) atoms. The molecule has 0 aliphatic heterocycles. The summed E-state index contributed by atoms with van der Waals surface area (Å²) in [4.78, 5) is 38.8. The first-order valence-corrected chi connectivity index (χ1v) is 45.7. The summed E-state index contributed by atoms with van der Waals surface area (Å²) in [6.07, 6.45) is 61.9. The lowest BCUT2D eigenvalue weighted by atomic mass is 10.1. The fraction of sp³-hybridized carbons (Fsp3) is 0.284. The summed E-state index contributed by atoms with van der Waals surface area (Å²) >= 11 is 5.97. The average molecular weight is 1720 g/mol. The standard InChI is InChI=1S/C16H19NO.C15H16ClN.C15H16FN.3C15H17N.C14H16N2.C11H15N/c1-12(2)5-4-6-13-9-14-10-15(18-3)7-8-16(14)17-11-13;2*1-11(2)4-3-5-12-8-13-9-14(16)6-7-15(13)17-10-12;1-12(2)5-3-6-13-8-9-15-14(11-13)7-4-10-16-15;1-12(2)5-3-6-13-8-9-14-7-4-10-16-15(14)11-13;1-12(2)6-5-7-13-10-14-8-3-4-9-15(14)16-11-13;1-11(2)4-3-5-12-6-7-13-14(10-12)16-9-8-15-13;1-10(2)5-3-6-11-7-4-8-12-9-11/h4,6-12H,5H2,1-3H3;2*3,5-11H,4H2,1-2H3;2*3-4,6-12H,5H2,1-2H3;3-5,7-12H,6H2,1-2H3;3,5-11H,4H2,1-2H3;3-4,6-10H,5H2,1-2H3/b6-4+;2*5-3+;2*6-3+;7-5+;5-3+;6-3+. The van der Waals surface area contributed by atoms with Crippen LogP contribution in [-0.2, 0) is 0 Å². The van der Waals surface area contributed by atoms with E-state index in [-0.39, 0.29) is 5.82 Å². The first-order valence-electron chi connectivity index (χ1n) is 45.3. The third-order valence-electron chi connectivity index (χ3n) is 19.6. The molecule has 0 atom stereocenters. The van der Waals surface area contributed by atoms with Gasteiger partial charge < -0.3 is 4.74 Å². The van der Waals surface area contributed by atoms with Gasteiger partial charge in [0.05, 0.1) is 51.2 Å². The lowest BCUT2D eigenvalue weighted by Crippen LogP contribution is -1.85. The number of pyridine rings is 7. The molecule has 0 radical (unpaired) electrons. The van der Waals surface area contributed by atoms with Gasteiger partial charge in [-0.05, 0) is 277 Å². The van der Waals surface area contributed by atoms with Gasteiger partial charge in [0, 0.05) is 99.3 Å². The molecule has 0 N–H and O–H groups in total. The maximum atomic E-state index is 13.1. The fourth-order valence-corrected chi connectivity index (χ4v) is 12.9. The highest BCUT2D eigenvalue weighted by molar-refractivity contribution is 6.31. The molecule has 0 amide bonds. The fourth-order valence-electron chi connectivity index (χ4n) is 12.7. The van der Waals surface area contributed by atoms with Crippen LogP contribution in [0.2, 0.25) is 5.02 Å². The Labute approximate surface area is 768 Å². The lowest BCUT2D eigenvalue weighted by molar-refractivity contribution is 0.415. The van der Waals surface area contributed by atoms with E-state index in [2.05, 4.69) is 338 Å². The third-order valence-corrected chi connectivity index (χ3v) is 19.9. The van der Waals surface area contributed by atoms with E-state index in [0.717, 1.165) is 157 Å². The number of benzene rings is 7. The Morgan fingerprint density at radius 2 is 0.578 bits per heavy atom. The van der Waals surface area contributed by atoms with Gasteiger partial charge in [-0.15, -0.1) is 0 Å². The summed E-state index contributed by atoms with van der Waals surface area (Å²) in [5.74, 6) is 6.27. The maximum absolute atomic E-state index is 13.1. The number of halogens is 2. The molecule has 662 valence electrons. The molecule has 8 heterocycles. The summed E-state index contributed by atoms with van der Waals surface area (Å²) in [5, 5.41) is 7.40. The van der Waals surface area contributed by atoms with E-state index < -0.39 is 0 Å². The van der Waals surface area contributed by atoms with Crippen LogP contribution in [0.1, 0.15) is 207 Å². The second kappa shape index (κ2) is 55.8. The van der Waals surface area contributed by atoms with E-state index in [0.29, 0.717) is 29.6 Å². The quantitative estimate of drug-likeness (QED) is 0.0546. The van der Waals surface area contributed by atoms with E-state index in [1.54, 1.807) is 31.8 Å². The van der Waals surface area contributed by atoms with Crippen molar-refractivity contribution in [2.75, 3.05) is 7.11 Å². The van der Waals surface area contributed by atoms with Crippen molar-refractivity contribution in [1.29, 1.82) is 0 Å². The van der Waals surface area contributed by atoms with Crippen LogP contribution >= 0.6 is 11.6 Å². The Kier molecular flexibility index (Phi) is 44.0. The van der Waals surface area contributed by atoms with Crippen molar-refractivity contribution in [1.82, 2.24) is 44.9 Å². The number of allylic oxidation sites excluding steroid dienone is 8. The molecule has 0 fully saturated rings. The van der Waals surface area contributed by atoms with Crippen molar-refractivity contribution < 1.29 is 9.13 Å². The summed E-state index contributed by atoms with van der Waals surface area (Å²) in [6, 6.07) is 64.0. The Morgan fingerprint density at radius 1 is 0.250 bits per heavy atom. The zero-order chi connectivity index (χ0) is 91.8. The average Bonchev–Trinajstić information content (AvgIpc) is 0.809. The van der Waals surface area contributed by atoms with Gasteiger partial charge in [-0.3, -0.25) is 44.9 Å². The van der Waals surface area contributed by atoms with Crippen molar-refractivity contribution in [3.05, 3.63) is 360 Å². The minimum Gasteiger partial charge on any atom is -0.497 e. The smallest absolute Gasteiger partial charge is 0.123 e. The second-order valence-corrected chi connectivity index (χ2v) is 35.7. The van der Waals surface area contributed by atoms with Crippen LogP contribution in [0.4, 0.5) is 4.39 Å². The van der Waals surface area contributed by atoms with Crippen molar-refractivity contribution in [2.45, 2.75) is 162 Å². The molecular formula is C116H133ClFN9O. The summed E-state index contributed by atoms with van der Waals surface area (Å²) in [5.41, 5.74) is 17.2. The van der Waals surface area contributed by atoms with Crippen LogP contribution in [0, 0.1) is 53.2 Å². The normalized spacial score (nSPS) is 11.6. The van der Waals surface area contributed by atoms with E-state index in [1.807, 2.05) is 134 Å². The second-order valence-electron chi connectivity index (χ2n) is 35.3.